The molecule has 0 aliphatic heterocycles. The minimum Gasteiger partial charge on any atom is -0.143 e. The Labute approximate surface area is 228 Å². The van der Waals surface area contributed by atoms with Crippen molar-refractivity contribution < 1.29 is 0 Å². The van der Waals surface area contributed by atoms with Gasteiger partial charge in [-0.3, -0.25) is 0 Å². The van der Waals surface area contributed by atoms with E-state index in [0.29, 0.717) is 0 Å². The molecule has 0 amide bonds. The first-order chi connectivity index (χ1) is 18.7. The van der Waals surface area contributed by atoms with E-state index in [2.05, 4.69) is 134 Å². The maximum absolute atomic E-state index is 4.72. The monoisotopic (exact) mass is 502 g/mol. The summed E-state index contributed by atoms with van der Waals surface area (Å²) >= 11 is 4.72. The Morgan fingerprint density at radius 3 is 1.58 bits per heavy atom. The highest BCUT2D eigenvalue weighted by atomic mass is 32.1. The van der Waals surface area contributed by atoms with Gasteiger partial charge in [0.05, 0.1) is 0 Å². The third kappa shape index (κ3) is 3.70. The van der Waals surface area contributed by atoms with Gasteiger partial charge in [0, 0.05) is 4.90 Å². The second-order valence-electron chi connectivity index (χ2n) is 9.93. The molecule has 0 aliphatic carbocycles. The molecule has 180 valence electrons. The zero-order valence-electron chi connectivity index (χ0n) is 21.1. The minimum atomic E-state index is 0.998. The van der Waals surface area contributed by atoms with Gasteiger partial charge >= 0.3 is 0 Å². The number of thiol groups is 1. The number of hydrogen-bond donors (Lipinski definition) is 1. The molecule has 0 atom stereocenters. The lowest BCUT2D eigenvalue weighted by molar-refractivity contribution is 1.39. The highest BCUT2D eigenvalue weighted by Crippen LogP contribution is 2.39. The molecule has 0 N–H and O–H groups in total. The molecule has 1 heteroatoms. The predicted molar refractivity (Wildman–Crippen MR) is 167 cm³/mol. The van der Waals surface area contributed by atoms with E-state index < -0.39 is 0 Å². The molecule has 7 aromatic rings. The number of fused-ring (bicyclic) bond motifs is 6. The van der Waals surface area contributed by atoms with E-state index in [-0.39, 0.29) is 0 Å². The Hall–Kier alpha value is -4.33. The smallest absolute Gasteiger partial charge is 0.0119 e. The highest BCUT2D eigenvalue weighted by molar-refractivity contribution is 7.80. The van der Waals surface area contributed by atoms with E-state index >= 15 is 0 Å². The van der Waals surface area contributed by atoms with Crippen LogP contribution in [0.25, 0.3) is 65.7 Å². The van der Waals surface area contributed by atoms with Crippen LogP contribution < -0.4 is 0 Å². The van der Waals surface area contributed by atoms with E-state index in [9.17, 15) is 0 Å². The summed E-state index contributed by atoms with van der Waals surface area (Å²) in [5.41, 5.74) is 8.58. The van der Waals surface area contributed by atoms with Crippen LogP contribution in [0.3, 0.4) is 0 Å². The van der Waals surface area contributed by atoms with Gasteiger partial charge in [-0.25, -0.2) is 0 Å². The molecule has 7 aromatic carbocycles. The lowest BCUT2D eigenvalue weighted by Gasteiger charge is -2.15. The first-order valence-corrected chi connectivity index (χ1v) is 13.5. The first-order valence-electron chi connectivity index (χ1n) is 13.0. The molecule has 0 saturated heterocycles. The van der Waals surface area contributed by atoms with Crippen molar-refractivity contribution in [2.24, 2.45) is 0 Å². The topological polar surface area (TPSA) is 0 Å². The molecular formula is C37H26S. The van der Waals surface area contributed by atoms with E-state index in [1.54, 1.807) is 0 Å². The van der Waals surface area contributed by atoms with Crippen molar-refractivity contribution in [3.63, 3.8) is 0 Å². The average Bonchev–Trinajstić information content (AvgIpc) is 2.98. The lowest BCUT2D eigenvalue weighted by Crippen LogP contribution is -1.90. The van der Waals surface area contributed by atoms with Gasteiger partial charge in [-0.2, -0.15) is 0 Å². The highest BCUT2D eigenvalue weighted by Gasteiger charge is 2.12. The molecule has 0 aliphatic rings. The third-order valence-corrected chi connectivity index (χ3v) is 8.17. The summed E-state index contributed by atoms with van der Waals surface area (Å²) in [6.07, 6.45) is 0. The molecule has 0 bridgehead atoms. The van der Waals surface area contributed by atoms with Crippen LogP contribution in [0.4, 0.5) is 0 Å². The van der Waals surface area contributed by atoms with Crippen LogP contribution in [-0.2, 0) is 0 Å². The van der Waals surface area contributed by atoms with Crippen molar-refractivity contribution in [1.29, 1.82) is 0 Å². The summed E-state index contributed by atoms with van der Waals surface area (Å²) in [4.78, 5) is 0.998. The first kappa shape index (κ1) is 22.8. The van der Waals surface area contributed by atoms with Gasteiger partial charge in [-0.15, -0.1) is 12.6 Å². The van der Waals surface area contributed by atoms with Crippen LogP contribution in [0, 0.1) is 6.92 Å². The zero-order chi connectivity index (χ0) is 25.6. The summed E-state index contributed by atoms with van der Waals surface area (Å²) < 4.78 is 0. The van der Waals surface area contributed by atoms with Gasteiger partial charge in [0.15, 0.2) is 0 Å². The molecular weight excluding hydrogens is 476 g/mol. The minimum absolute atomic E-state index is 0.998. The molecule has 0 spiro atoms. The Morgan fingerprint density at radius 1 is 0.368 bits per heavy atom. The quantitative estimate of drug-likeness (QED) is 0.180. The Morgan fingerprint density at radius 2 is 0.868 bits per heavy atom. The summed E-state index contributed by atoms with van der Waals surface area (Å²) in [6.45, 7) is 2.21. The van der Waals surface area contributed by atoms with Crippen molar-refractivity contribution >= 4 is 44.9 Å². The van der Waals surface area contributed by atoms with Crippen LogP contribution in [0.5, 0.6) is 0 Å². The van der Waals surface area contributed by atoms with Gasteiger partial charge in [0.2, 0.25) is 0 Å². The molecule has 0 unspecified atom stereocenters. The fourth-order valence-corrected chi connectivity index (χ4v) is 6.18. The maximum atomic E-state index is 4.72. The van der Waals surface area contributed by atoms with Crippen molar-refractivity contribution in [1.82, 2.24) is 0 Å². The van der Waals surface area contributed by atoms with Gasteiger partial charge in [0.25, 0.3) is 0 Å². The van der Waals surface area contributed by atoms with Crippen molar-refractivity contribution in [3.05, 3.63) is 139 Å². The summed E-state index contributed by atoms with van der Waals surface area (Å²) in [5, 5.41) is 7.81. The normalized spacial score (nSPS) is 11.4. The number of hydrogen-bond acceptors (Lipinski definition) is 1. The van der Waals surface area contributed by atoms with Crippen LogP contribution in [0.2, 0.25) is 0 Å². The zero-order valence-corrected chi connectivity index (χ0v) is 22.0. The summed E-state index contributed by atoms with van der Waals surface area (Å²) in [6, 6.07) is 48.2. The Bertz CT molecular complexity index is 1960. The second kappa shape index (κ2) is 9.20. The molecule has 0 radical (unpaired) electrons. The molecule has 0 fully saturated rings. The van der Waals surface area contributed by atoms with Crippen molar-refractivity contribution in [2.75, 3.05) is 0 Å². The van der Waals surface area contributed by atoms with E-state index in [1.807, 2.05) is 6.07 Å². The van der Waals surface area contributed by atoms with Crippen LogP contribution in [0.1, 0.15) is 5.56 Å². The molecule has 7 rings (SSSR count). The fourth-order valence-electron chi connectivity index (χ4n) is 5.90. The van der Waals surface area contributed by atoms with Crippen molar-refractivity contribution in [2.45, 2.75) is 11.8 Å². The number of benzene rings is 7. The maximum Gasteiger partial charge on any atom is 0.0119 e. The average molecular weight is 503 g/mol. The molecule has 38 heavy (non-hydrogen) atoms. The number of rotatable bonds is 3. The molecule has 0 saturated carbocycles. The summed E-state index contributed by atoms with van der Waals surface area (Å²) in [7, 11) is 0. The lowest BCUT2D eigenvalue weighted by atomic mass is 9.90. The predicted octanol–water partition coefficient (Wildman–Crippen LogP) is 10.7. The molecule has 0 heterocycles. The van der Waals surface area contributed by atoms with Crippen molar-refractivity contribution in [3.8, 4) is 33.4 Å². The van der Waals surface area contributed by atoms with E-state index in [1.165, 1.54) is 71.3 Å². The van der Waals surface area contributed by atoms with Crippen LogP contribution >= 0.6 is 12.6 Å². The van der Waals surface area contributed by atoms with E-state index in [0.717, 1.165) is 4.90 Å². The fraction of sp³-hybridized carbons (Fsp3) is 0.0270. The van der Waals surface area contributed by atoms with Gasteiger partial charge in [-0.1, -0.05) is 115 Å². The standard InChI is InChI=1S/C37H26S/c1-24-28(17-9-18-29(24)35-16-6-7-19-37(35)38)27-11-8-10-25(22-27)26-20-21-34-32-14-3-2-12-30(32)31-13-4-5-15-33(31)36(34)23-26/h2-23,38H,1H3. The third-order valence-electron chi connectivity index (χ3n) is 7.78. The second-order valence-corrected chi connectivity index (χ2v) is 10.4. The largest absolute Gasteiger partial charge is 0.143 e. The van der Waals surface area contributed by atoms with Crippen LogP contribution in [0.15, 0.2) is 138 Å². The molecule has 0 aromatic heterocycles. The van der Waals surface area contributed by atoms with E-state index in [4.69, 9.17) is 12.6 Å². The van der Waals surface area contributed by atoms with Gasteiger partial charge in [0.1, 0.15) is 0 Å². The Kier molecular flexibility index (Phi) is 5.53. The van der Waals surface area contributed by atoms with Crippen LogP contribution in [-0.4, -0.2) is 0 Å². The van der Waals surface area contributed by atoms with Gasteiger partial charge < -0.3 is 0 Å². The summed E-state index contributed by atoms with van der Waals surface area (Å²) in [5.74, 6) is 0. The molecule has 0 nitrogen and oxygen atoms in total. The SMILES string of the molecule is Cc1c(-c2cccc(-c3ccc4c5ccccc5c5ccccc5c4c3)c2)cccc1-c1ccccc1S. The Balaban J connectivity index is 1.39. The van der Waals surface area contributed by atoms with Gasteiger partial charge in [-0.05, 0) is 96.4 Å².